The van der Waals surface area contributed by atoms with Crippen molar-refractivity contribution in [2.45, 2.75) is 43.9 Å². The predicted octanol–water partition coefficient (Wildman–Crippen LogP) is 2.58. The van der Waals surface area contributed by atoms with Crippen LogP contribution in [-0.2, 0) is 20.2 Å². The summed E-state index contributed by atoms with van der Waals surface area (Å²) in [6.07, 6.45) is 2.77. The number of amides is 2. The maximum atomic E-state index is 12.8. The van der Waals surface area contributed by atoms with E-state index >= 15 is 0 Å². The lowest BCUT2D eigenvalue weighted by molar-refractivity contribution is -0.121. The van der Waals surface area contributed by atoms with E-state index in [1.807, 2.05) is 0 Å². The largest absolute Gasteiger partial charge is 0.338 e. The van der Waals surface area contributed by atoms with Gasteiger partial charge in [0.05, 0.1) is 16.1 Å². The average molecular weight is 451 g/mol. The van der Waals surface area contributed by atoms with Crippen LogP contribution in [0.4, 0.5) is 5.69 Å². The Balaban J connectivity index is 1.55. The first-order valence-electron chi connectivity index (χ1n) is 9.64. The standard InChI is InChI=1S/C20H26N4O4S2/c1-20(2,3)19-22-12-16(29-19)18(26)24-10-8-13(9-11-24)17(25)23-14-4-6-15(7-5-14)30(21,27)28/h4-7,12-13H,8-11H2,1-3H3,(H,23,25)(H2,21,27,28). The molecule has 0 aliphatic carbocycles. The first-order valence-corrected chi connectivity index (χ1v) is 12.0. The molecule has 10 heteroatoms. The number of primary sulfonamides is 1. The van der Waals surface area contributed by atoms with Crippen LogP contribution in [0, 0.1) is 5.92 Å². The summed E-state index contributed by atoms with van der Waals surface area (Å²) in [6, 6.07) is 5.72. The van der Waals surface area contributed by atoms with Crippen LogP contribution in [-0.4, -0.2) is 43.2 Å². The number of likely N-dealkylation sites (tertiary alicyclic amines) is 1. The number of carbonyl (C=O) groups excluding carboxylic acids is 2. The monoisotopic (exact) mass is 450 g/mol. The normalized spacial score (nSPS) is 15.8. The molecule has 3 N–H and O–H groups in total. The van der Waals surface area contributed by atoms with Crippen molar-refractivity contribution < 1.29 is 18.0 Å². The molecule has 2 aromatic rings. The maximum absolute atomic E-state index is 12.8. The summed E-state index contributed by atoms with van der Waals surface area (Å²) in [5, 5.41) is 8.80. The van der Waals surface area contributed by atoms with Crippen molar-refractivity contribution in [1.82, 2.24) is 9.88 Å². The van der Waals surface area contributed by atoms with Crippen LogP contribution in [0.3, 0.4) is 0 Å². The number of benzene rings is 1. The predicted molar refractivity (Wildman–Crippen MR) is 116 cm³/mol. The molecule has 1 fully saturated rings. The summed E-state index contributed by atoms with van der Waals surface area (Å²) in [7, 11) is -3.77. The minimum Gasteiger partial charge on any atom is -0.338 e. The van der Waals surface area contributed by atoms with Crippen LogP contribution in [0.2, 0.25) is 0 Å². The fourth-order valence-electron chi connectivity index (χ4n) is 3.19. The van der Waals surface area contributed by atoms with E-state index in [1.165, 1.54) is 35.6 Å². The zero-order valence-electron chi connectivity index (χ0n) is 17.2. The molecule has 0 atom stereocenters. The van der Waals surface area contributed by atoms with Crippen molar-refractivity contribution in [2.75, 3.05) is 18.4 Å². The van der Waals surface area contributed by atoms with Gasteiger partial charge in [-0.3, -0.25) is 9.59 Å². The molecular weight excluding hydrogens is 424 g/mol. The molecule has 0 radical (unpaired) electrons. The topological polar surface area (TPSA) is 122 Å². The summed E-state index contributed by atoms with van der Waals surface area (Å²) in [5.41, 5.74) is 0.408. The van der Waals surface area contributed by atoms with Gasteiger partial charge in [0.1, 0.15) is 4.88 Å². The lowest BCUT2D eigenvalue weighted by Crippen LogP contribution is -2.41. The van der Waals surface area contributed by atoms with Crippen LogP contribution in [0.15, 0.2) is 35.4 Å². The van der Waals surface area contributed by atoms with Crippen molar-refractivity contribution in [3.05, 3.63) is 40.3 Å². The zero-order chi connectivity index (χ0) is 22.1. The zero-order valence-corrected chi connectivity index (χ0v) is 18.8. The number of anilines is 1. The number of thiazole rings is 1. The van der Waals surface area contributed by atoms with Gasteiger partial charge in [0.25, 0.3) is 5.91 Å². The molecule has 2 amide bonds. The summed E-state index contributed by atoms with van der Waals surface area (Å²) in [6.45, 7) is 7.19. The quantitative estimate of drug-likeness (QED) is 0.741. The van der Waals surface area contributed by atoms with Gasteiger partial charge in [0.15, 0.2) is 0 Å². The molecule has 3 rings (SSSR count). The average Bonchev–Trinajstić information content (AvgIpc) is 3.18. The molecule has 30 heavy (non-hydrogen) atoms. The molecule has 0 unspecified atom stereocenters. The second-order valence-corrected chi connectivity index (χ2v) is 11.0. The highest BCUT2D eigenvalue weighted by atomic mass is 32.2. The number of nitrogens with one attached hydrogen (secondary N) is 1. The van der Waals surface area contributed by atoms with Crippen LogP contribution in [0.1, 0.15) is 48.3 Å². The third-order valence-electron chi connectivity index (χ3n) is 4.96. The summed E-state index contributed by atoms with van der Waals surface area (Å²) in [5.74, 6) is -0.391. The summed E-state index contributed by atoms with van der Waals surface area (Å²) < 4.78 is 22.6. The van der Waals surface area contributed by atoms with E-state index in [-0.39, 0.29) is 28.0 Å². The van der Waals surface area contributed by atoms with Crippen molar-refractivity contribution in [1.29, 1.82) is 0 Å². The Bertz CT molecular complexity index is 1030. The number of rotatable bonds is 4. The van der Waals surface area contributed by atoms with E-state index < -0.39 is 10.0 Å². The molecule has 1 aromatic heterocycles. The first-order chi connectivity index (χ1) is 13.9. The molecule has 1 aliphatic heterocycles. The molecular formula is C20H26N4O4S2. The number of aromatic nitrogens is 1. The van der Waals surface area contributed by atoms with Gasteiger partial charge in [-0.25, -0.2) is 18.5 Å². The van der Waals surface area contributed by atoms with Crippen LogP contribution < -0.4 is 10.5 Å². The lowest BCUT2D eigenvalue weighted by atomic mass is 9.95. The van der Waals surface area contributed by atoms with Gasteiger partial charge in [-0.2, -0.15) is 0 Å². The Morgan fingerprint density at radius 2 is 1.77 bits per heavy atom. The van der Waals surface area contributed by atoms with Crippen LogP contribution in [0.5, 0.6) is 0 Å². The number of sulfonamides is 1. The van der Waals surface area contributed by atoms with Crippen molar-refractivity contribution in [3.8, 4) is 0 Å². The lowest BCUT2D eigenvalue weighted by Gasteiger charge is -2.31. The third kappa shape index (κ3) is 5.24. The first kappa shape index (κ1) is 22.4. The Kier molecular flexibility index (Phi) is 6.30. The Morgan fingerprint density at radius 3 is 2.27 bits per heavy atom. The van der Waals surface area contributed by atoms with Gasteiger partial charge in [0, 0.05) is 30.1 Å². The summed E-state index contributed by atoms with van der Waals surface area (Å²) >= 11 is 1.42. The van der Waals surface area contributed by atoms with E-state index in [4.69, 9.17) is 5.14 Å². The van der Waals surface area contributed by atoms with Gasteiger partial charge < -0.3 is 10.2 Å². The van der Waals surface area contributed by atoms with E-state index in [0.29, 0.717) is 36.5 Å². The highest BCUT2D eigenvalue weighted by molar-refractivity contribution is 7.89. The minimum atomic E-state index is -3.77. The Morgan fingerprint density at radius 1 is 1.17 bits per heavy atom. The highest BCUT2D eigenvalue weighted by Crippen LogP contribution is 2.28. The van der Waals surface area contributed by atoms with Gasteiger partial charge in [-0.15, -0.1) is 11.3 Å². The Labute approximate surface area is 180 Å². The third-order valence-corrected chi connectivity index (χ3v) is 7.30. The molecule has 0 spiro atoms. The van der Waals surface area contributed by atoms with Crippen LogP contribution in [0.25, 0.3) is 0 Å². The minimum absolute atomic E-state index is 0.00926. The molecule has 1 aliphatic rings. The molecule has 0 bridgehead atoms. The number of carbonyl (C=O) groups is 2. The fourth-order valence-corrected chi connectivity index (χ4v) is 4.65. The molecule has 1 aromatic carbocycles. The molecule has 0 saturated carbocycles. The smallest absolute Gasteiger partial charge is 0.265 e. The fraction of sp³-hybridized carbons (Fsp3) is 0.450. The SMILES string of the molecule is CC(C)(C)c1ncc(C(=O)N2CCC(C(=O)Nc3ccc(S(N)(=O)=O)cc3)CC2)s1. The number of piperidine rings is 1. The van der Waals surface area contributed by atoms with Crippen molar-refractivity contribution >= 4 is 38.9 Å². The number of nitrogens with two attached hydrogens (primary N) is 1. The maximum Gasteiger partial charge on any atom is 0.265 e. The van der Waals surface area contributed by atoms with Crippen molar-refractivity contribution in [2.24, 2.45) is 11.1 Å². The van der Waals surface area contributed by atoms with Crippen molar-refractivity contribution in [3.63, 3.8) is 0 Å². The Hall–Kier alpha value is -2.30. The molecule has 8 nitrogen and oxygen atoms in total. The van der Waals surface area contributed by atoms with E-state index in [2.05, 4.69) is 31.1 Å². The highest BCUT2D eigenvalue weighted by Gasteiger charge is 2.29. The van der Waals surface area contributed by atoms with E-state index in [9.17, 15) is 18.0 Å². The molecule has 2 heterocycles. The van der Waals surface area contributed by atoms with Gasteiger partial charge in [-0.05, 0) is 37.1 Å². The second kappa shape index (κ2) is 8.44. The van der Waals surface area contributed by atoms with E-state index in [0.717, 1.165) is 5.01 Å². The van der Waals surface area contributed by atoms with Gasteiger partial charge >= 0.3 is 0 Å². The number of hydrogen-bond acceptors (Lipinski definition) is 6. The number of nitrogens with zero attached hydrogens (tertiary/aromatic N) is 2. The second-order valence-electron chi connectivity index (χ2n) is 8.40. The van der Waals surface area contributed by atoms with Crippen LogP contribution >= 0.6 is 11.3 Å². The van der Waals surface area contributed by atoms with E-state index in [1.54, 1.807) is 11.1 Å². The number of hydrogen-bond donors (Lipinski definition) is 2. The van der Waals surface area contributed by atoms with Gasteiger partial charge in [-0.1, -0.05) is 20.8 Å². The van der Waals surface area contributed by atoms with Gasteiger partial charge in [0.2, 0.25) is 15.9 Å². The summed E-state index contributed by atoms with van der Waals surface area (Å²) in [4.78, 5) is 32.1. The molecule has 1 saturated heterocycles. The molecule has 162 valence electrons.